The summed E-state index contributed by atoms with van der Waals surface area (Å²) in [7, 11) is 1.57. The summed E-state index contributed by atoms with van der Waals surface area (Å²) in [6.45, 7) is 1.94. The summed E-state index contributed by atoms with van der Waals surface area (Å²) >= 11 is 0. The molecule has 0 aliphatic carbocycles. The normalized spacial score (nSPS) is 18.4. The number of nitrogens with one attached hydrogen (secondary N) is 1. The summed E-state index contributed by atoms with van der Waals surface area (Å²) in [5.41, 5.74) is 0.948. The lowest BCUT2D eigenvalue weighted by Crippen LogP contribution is -2.44. The van der Waals surface area contributed by atoms with Gasteiger partial charge >= 0.3 is 12.0 Å². The molecular formula is C14H15FN2O3. The maximum absolute atomic E-state index is 13.0. The SMILES string of the molecule is CCOC(=O)C1=CNC(=O)N(C)C1c1ccc(F)cc1. The van der Waals surface area contributed by atoms with Crippen LogP contribution in [-0.2, 0) is 9.53 Å². The standard InChI is InChI=1S/C14H15FN2O3/c1-3-20-13(18)11-8-16-14(19)17(2)12(11)9-4-6-10(15)7-5-9/h4-8,12H,3H2,1-2H3,(H,16,19). The molecule has 0 spiro atoms. The minimum absolute atomic E-state index is 0.240. The van der Waals surface area contributed by atoms with Crippen molar-refractivity contribution in [1.82, 2.24) is 10.2 Å². The fraction of sp³-hybridized carbons (Fsp3) is 0.286. The Labute approximate surface area is 116 Å². The highest BCUT2D eigenvalue weighted by Crippen LogP contribution is 2.30. The lowest BCUT2D eigenvalue weighted by atomic mass is 9.97. The van der Waals surface area contributed by atoms with Gasteiger partial charge in [0.25, 0.3) is 0 Å². The molecule has 0 bridgehead atoms. The maximum atomic E-state index is 13.0. The molecule has 0 aromatic heterocycles. The van der Waals surface area contributed by atoms with Crippen LogP contribution in [0.1, 0.15) is 18.5 Å². The molecule has 1 aromatic carbocycles. The molecule has 1 atom stereocenters. The smallest absolute Gasteiger partial charge is 0.337 e. The van der Waals surface area contributed by atoms with Gasteiger partial charge in [-0.3, -0.25) is 0 Å². The fourth-order valence-electron chi connectivity index (χ4n) is 2.08. The zero-order valence-electron chi connectivity index (χ0n) is 11.2. The summed E-state index contributed by atoms with van der Waals surface area (Å²) in [4.78, 5) is 25.0. The van der Waals surface area contributed by atoms with E-state index < -0.39 is 12.0 Å². The highest BCUT2D eigenvalue weighted by Gasteiger charge is 2.33. The third kappa shape index (κ3) is 2.64. The number of hydrogen-bond acceptors (Lipinski definition) is 3. The van der Waals surface area contributed by atoms with Crippen LogP contribution in [0, 0.1) is 5.82 Å². The molecular weight excluding hydrogens is 263 g/mol. The number of rotatable bonds is 3. The molecule has 106 valence electrons. The van der Waals surface area contributed by atoms with Crippen molar-refractivity contribution < 1.29 is 18.7 Å². The van der Waals surface area contributed by atoms with Gasteiger partial charge in [0.05, 0.1) is 18.2 Å². The first-order valence-electron chi connectivity index (χ1n) is 6.20. The predicted molar refractivity (Wildman–Crippen MR) is 70.2 cm³/mol. The van der Waals surface area contributed by atoms with Crippen LogP contribution in [0.5, 0.6) is 0 Å². The topological polar surface area (TPSA) is 58.6 Å². The van der Waals surface area contributed by atoms with Crippen LogP contribution >= 0.6 is 0 Å². The Hall–Kier alpha value is -2.37. The number of likely N-dealkylation sites (N-methyl/N-ethyl adjacent to an activating group) is 1. The van der Waals surface area contributed by atoms with Crippen molar-refractivity contribution in [3.63, 3.8) is 0 Å². The number of nitrogens with zero attached hydrogens (tertiary/aromatic N) is 1. The lowest BCUT2D eigenvalue weighted by Gasteiger charge is -2.32. The second-order valence-corrected chi connectivity index (χ2v) is 4.33. The van der Waals surface area contributed by atoms with Crippen LogP contribution in [0.15, 0.2) is 36.0 Å². The van der Waals surface area contributed by atoms with Gasteiger partial charge in [-0.15, -0.1) is 0 Å². The summed E-state index contributed by atoms with van der Waals surface area (Å²) in [5.74, 6) is -0.882. The Kier molecular flexibility index (Phi) is 4.02. The van der Waals surface area contributed by atoms with E-state index >= 15 is 0 Å². The van der Waals surface area contributed by atoms with E-state index in [1.165, 1.54) is 23.2 Å². The van der Waals surface area contributed by atoms with Gasteiger partial charge in [0.15, 0.2) is 0 Å². The number of amides is 2. The third-order valence-electron chi connectivity index (χ3n) is 3.05. The number of halogens is 1. The maximum Gasteiger partial charge on any atom is 0.337 e. The van der Waals surface area contributed by atoms with Crippen molar-refractivity contribution in [2.45, 2.75) is 13.0 Å². The predicted octanol–water partition coefficient (Wildman–Crippen LogP) is 1.97. The Morgan fingerprint density at radius 1 is 1.40 bits per heavy atom. The van der Waals surface area contributed by atoms with Gasteiger partial charge in [0.2, 0.25) is 0 Å². The minimum atomic E-state index is -0.594. The highest BCUT2D eigenvalue weighted by molar-refractivity contribution is 5.93. The Morgan fingerprint density at radius 2 is 2.05 bits per heavy atom. The molecule has 1 N–H and O–H groups in total. The molecule has 1 aliphatic heterocycles. The number of esters is 1. The second-order valence-electron chi connectivity index (χ2n) is 4.33. The van der Waals surface area contributed by atoms with E-state index in [0.29, 0.717) is 11.1 Å². The van der Waals surface area contributed by atoms with Crippen molar-refractivity contribution >= 4 is 12.0 Å². The van der Waals surface area contributed by atoms with Gasteiger partial charge in [-0.1, -0.05) is 12.1 Å². The number of carbonyl (C=O) groups excluding carboxylic acids is 2. The van der Waals surface area contributed by atoms with Crippen molar-refractivity contribution in [2.75, 3.05) is 13.7 Å². The lowest BCUT2D eigenvalue weighted by molar-refractivity contribution is -0.139. The van der Waals surface area contributed by atoms with Crippen molar-refractivity contribution in [3.8, 4) is 0 Å². The molecule has 6 heteroatoms. The average Bonchev–Trinajstić information content (AvgIpc) is 2.43. The number of carbonyl (C=O) groups is 2. The van der Waals surface area contributed by atoms with E-state index in [4.69, 9.17) is 4.74 Å². The van der Waals surface area contributed by atoms with Gasteiger partial charge in [-0.25, -0.2) is 14.0 Å². The number of benzene rings is 1. The molecule has 2 amide bonds. The van der Waals surface area contributed by atoms with Gasteiger partial charge in [0.1, 0.15) is 5.82 Å². The minimum Gasteiger partial charge on any atom is -0.463 e. The zero-order chi connectivity index (χ0) is 14.7. The first-order valence-corrected chi connectivity index (χ1v) is 6.20. The van der Waals surface area contributed by atoms with Crippen LogP contribution in [0.3, 0.4) is 0 Å². The largest absolute Gasteiger partial charge is 0.463 e. The zero-order valence-corrected chi connectivity index (χ0v) is 11.2. The molecule has 0 saturated heterocycles. The van der Waals surface area contributed by atoms with Crippen molar-refractivity contribution in [2.24, 2.45) is 0 Å². The summed E-state index contributed by atoms with van der Waals surface area (Å²) < 4.78 is 18.0. The quantitative estimate of drug-likeness (QED) is 0.860. The number of urea groups is 1. The van der Waals surface area contributed by atoms with E-state index in [0.717, 1.165) is 0 Å². The van der Waals surface area contributed by atoms with E-state index in [2.05, 4.69) is 5.32 Å². The molecule has 1 aromatic rings. The summed E-state index contributed by atoms with van der Waals surface area (Å²) in [6.07, 6.45) is 1.34. The number of hydrogen-bond donors (Lipinski definition) is 1. The molecule has 20 heavy (non-hydrogen) atoms. The Morgan fingerprint density at radius 3 is 2.65 bits per heavy atom. The molecule has 0 radical (unpaired) electrons. The molecule has 1 unspecified atom stereocenters. The van der Waals surface area contributed by atoms with E-state index in [1.54, 1.807) is 26.1 Å². The van der Waals surface area contributed by atoms with Crippen LogP contribution < -0.4 is 5.32 Å². The first kappa shape index (κ1) is 14.0. The monoisotopic (exact) mass is 278 g/mol. The van der Waals surface area contributed by atoms with Crippen molar-refractivity contribution in [3.05, 3.63) is 47.4 Å². The molecule has 0 saturated carbocycles. The summed E-state index contributed by atoms with van der Waals surface area (Å²) in [5, 5.41) is 2.48. The molecule has 1 aliphatic rings. The van der Waals surface area contributed by atoms with E-state index in [-0.39, 0.29) is 18.5 Å². The Bertz CT molecular complexity index is 554. The third-order valence-corrected chi connectivity index (χ3v) is 3.05. The molecule has 5 nitrogen and oxygen atoms in total. The fourth-order valence-corrected chi connectivity index (χ4v) is 2.08. The van der Waals surface area contributed by atoms with Gasteiger partial charge < -0.3 is 15.0 Å². The Balaban J connectivity index is 2.40. The van der Waals surface area contributed by atoms with Crippen LogP contribution in [0.4, 0.5) is 9.18 Å². The van der Waals surface area contributed by atoms with E-state index in [9.17, 15) is 14.0 Å². The van der Waals surface area contributed by atoms with Gasteiger partial charge in [-0.2, -0.15) is 0 Å². The molecule has 0 fully saturated rings. The highest BCUT2D eigenvalue weighted by atomic mass is 19.1. The van der Waals surface area contributed by atoms with Crippen LogP contribution in [0.2, 0.25) is 0 Å². The van der Waals surface area contributed by atoms with Crippen LogP contribution in [-0.4, -0.2) is 30.6 Å². The summed E-state index contributed by atoms with van der Waals surface area (Å²) in [6, 6.07) is 4.73. The molecule has 1 heterocycles. The second kappa shape index (κ2) is 5.73. The van der Waals surface area contributed by atoms with E-state index in [1.807, 2.05) is 0 Å². The first-order chi connectivity index (χ1) is 9.54. The number of ether oxygens (including phenoxy) is 1. The van der Waals surface area contributed by atoms with Gasteiger partial charge in [-0.05, 0) is 24.6 Å². The average molecular weight is 278 g/mol. The van der Waals surface area contributed by atoms with Gasteiger partial charge in [0, 0.05) is 13.2 Å². The van der Waals surface area contributed by atoms with Crippen LogP contribution in [0.25, 0.3) is 0 Å². The molecule has 2 rings (SSSR count). The van der Waals surface area contributed by atoms with Crippen molar-refractivity contribution in [1.29, 1.82) is 0 Å².